The molecule has 2 aromatic carbocycles. The highest BCUT2D eigenvalue weighted by Gasteiger charge is 2.16. The largest absolute Gasteiger partial charge is 0.397 e. The Kier molecular flexibility index (Phi) is 3.34. The molecule has 0 saturated carbocycles. The molecule has 0 amide bonds. The lowest BCUT2D eigenvalue weighted by atomic mass is 10.0. The van der Waals surface area contributed by atoms with Crippen LogP contribution in [0.25, 0.3) is 0 Å². The van der Waals surface area contributed by atoms with Crippen molar-refractivity contribution in [3.63, 3.8) is 0 Å². The molecule has 2 nitrogen and oxygen atoms in total. The van der Waals surface area contributed by atoms with Gasteiger partial charge in [-0.3, -0.25) is 0 Å². The van der Waals surface area contributed by atoms with Crippen molar-refractivity contribution < 1.29 is 0 Å². The fourth-order valence-electron chi connectivity index (χ4n) is 2.70. The molecule has 98 valence electrons. The Morgan fingerprint density at radius 1 is 1.05 bits per heavy atom. The third-order valence-electron chi connectivity index (χ3n) is 3.69. The number of fused-ring (bicyclic) bond motifs is 1. The zero-order valence-electron chi connectivity index (χ0n) is 10.8. The van der Waals surface area contributed by atoms with Gasteiger partial charge in [0, 0.05) is 18.1 Å². The molecule has 1 aliphatic heterocycles. The molecule has 2 N–H and O–H groups in total. The van der Waals surface area contributed by atoms with Gasteiger partial charge in [0.15, 0.2) is 0 Å². The van der Waals surface area contributed by atoms with Gasteiger partial charge in [0.1, 0.15) is 0 Å². The Morgan fingerprint density at radius 2 is 1.84 bits per heavy atom. The van der Waals surface area contributed by atoms with Crippen LogP contribution in [0.4, 0.5) is 11.4 Å². The Bertz CT molecular complexity index is 595. The van der Waals surface area contributed by atoms with Crippen LogP contribution in [-0.4, -0.2) is 6.54 Å². The molecule has 0 bridgehead atoms. The highest BCUT2D eigenvalue weighted by molar-refractivity contribution is 6.31. The number of rotatable bonds is 1. The number of nitrogen functional groups attached to an aromatic ring is 1. The Hall–Kier alpha value is -1.67. The number of nitrogens with two attached hydrogens (primary N) is 1. The fourth-order valence-corrected chi connectivity index (χ4v) is 2.86. The van der Waals surface area contributed by atoms with Crippen LogP contribution in [0.2, 0.25) is 5.02 Å². The van der Waals surface area contributed by atoms with Gasteiger partial charge >= 0.3 is 0 Å². The van der Waals surface area contributed by atoms with E-state index in [9.17, 15) is 0 Å². The molecule has 0 atom stereocenters. The van der Waals surface area contributed by atoms with Gasteiger partial charge in [-0.05, 0) is 42.2 Å². The van der Waals surface area contributed by atoms with Gasteiger partial charge < -0.3 is 10.6 Å². The first kappa shape index (κ1) is 12.4. The van der Waals surface area contributed by atoms with Crippen LogP contribution in [0, 0.1) is 0 Å². The SMILES string of the molecule is Nc1ccc(Cl)cc1N1CCCc2ccccc2C1. The number of halogens is 1. The van der Waals surface area contributed by atoms with E-state index < -0.39 is 0 Å². The van der Waals surface area contributed by atoms with Crippen LogP contribution in [0.15, 0.2) is 42.5 Å². The van der Waals surface area contributed by atoms with Crippen LogP contribution < -0.4 is 10.6 Å². The van der Waals surface area contributed by atoms with Crippen molar-refractivity contribution in [1.29, 1.82) is 0 Å². The van der Waals surface area contributed by atoms with Gasteiger partial charge in [-0.1, -0.05) is 35.9 Å². The number of anilines is 2. The molecule has 19 heavy (non-hydrogen) atoms. The summed E-state index contributed by atoms with van der Waals surface area (Å²) in [6.45, 7) is 1.92. The Morgan fingerprint density at radius 3 is 2.68 bits per heavy atom. The third-order valence-corrected chi connectivity index (χ3v) is 3.92. The van der Waals surface area contributed by atoms with Crippen molar-refractivity contribution >= 4 is 23.0 Å². The average molecular weight is 273 g/mol. The lowest BCUT2D eigenvalue weighted by Gasteiger charge is -2.25. The van der Waals surface area contributed by atoms with Crippen molar-refractivity contribution in [2.45, 2.75) is 19.4 Å². The van der Waals surface area contributed by atoms with Crippen LogP contribution in [0.5, 0.6) is 0 Å². The maximum Gasteiger partial charge on any atom is 0.0617 e. The second kappa shape index (κ2) is 5.14. The predicted molar refractivity (Wildman–Crippen MR) is 81.7 cm³/mol. The van der Waals surface area contributed by atoms with E-state index >= 15 is 0 Å². The molecule has 0 spiro atoms. The normalized spacial score (nSPS) is 14.9. The monoisotopic (exact) mass is 272 g/mol. The minimum Gasteiger partial charge on any atom is -0.397 e. The van der Waals surface area contributed by atoms with E-state index in [2.05, 4.69) is 29.2 Å². The first-order valence-electron chi connectivity index (χ1n) is 6.61. The maximum atomic E-state index is 6.09. The second-order valence-corrected chi connectivity index (χ2v) is 5.43. The molecular weight excluding hydrogens is 256 g/mol. The summed E-state index contributed by atoms with van der Waals surface area (Å²) in [6, 6.07) is 14.3. The Balaban J connectivity index is 1.96. The predicted octanol–water partition coefficient (Wildman–Crippen LogP) is 3.88. The highest BCUT2D eigenvalue weighted by Crippen LogP contribution is 2.30. The van der Waals surface area contributed by atoms with Crippen LogP contribution in [0.1, 0.15) is 17.5 Å². The molecule has 0 aliphatic carbocycles. The van der Waals surface area contributed by atoms with Crippen LogP contribution in [-0.2, 0) is 13.0 Å². The molecule has 3 heteroatoms. The summed E-state index contributed by atoms with van der Waals surface area (Å²) in [5.74, 6) is 0. The lowest BCUT2D eigenvalue weighted by Crippen LogP contribution is -2.23. The second-order valence-electron chi connectivity index (χ2n) is 5.00. The molecule has 0 saturated heterocycles. The average Bonchev–Trinajstić information content (AvgIpc) is 2.63. The number of nitrogens with zero attached hydrogens (tertiary/aromatic N) is 1. The number of hydrogen-bond acceptors (Lipinski definition) is 2. The van der Waals surface area contributed by atoms with E-state index in [0.29, 0.717) is 0 Å². The first-order chi connectivity index (χ1) is 9.24. The molecule has 0 fully saturated rings. The fraction of sp³-hybridized carbons (Fsp3) is 0.250. The lowest BCUT2D eigenvalue weighted by molar-refractivity contribution is 0.767. The summed E-state index contributed by atoms with van der Waals surface area (Å²) in [5.41, 5.74) is 10.8. The van der Waals surface area contributed by atoms with Gasteiger partial charge in [-0.25, -0.2) is 0 Å². The molecule has 1 aliphatic rings. The molecular formula is C16H17ClN2. The first-order valence-corrected chi connectivity index (χ1v) is 6.98. The van der Waals surface area contributed by atoms with Gasteiger partial charge in [-0.2, -0.15) is 0 Å². The van der Waals surface area contributed by atoms with Crippen molar-refractivity contribution in [2.75, 3.05) is 17.2 Å². The maximum absolute atomic E-state index is 6.09. The van der Waals surface area contributed by atoms with Gasteiger partial charge in [0.25, 0.3) is 0 Å². The van der Waals surface area contributed by atoms with E-state index in [4.69, 9.17) is 17.3 Å². The van der Waals surface area contributed by atoms with Crippen molar-refractivity contribution in [3.05, 3.63) is 58.6 Å². The summed E-state index contributed by atoms with van der Waals surface area (Å²) in [5, 5.41) is 0.738. The van der Waals surface area contributed by atoms with Crippen LogP contribution in [0.3, 0.4) is 0 Å². The summed E-state index contributed by atoms with van der Waals surface area (Å²) in [4.78, 5) is 2.33. The molecule has 0 radical (unpaired) electrons. The van der Waals surface area contributed by atoms with E-state index in [1.807, 2.05) is 18.2 Å². The number of benzene rings is 2. The molecule has 3 rings (SSSR count). The Labute approximate surface area is 118 Å². The standard InChI is InChI=1S/C16H17ClN2/c17-14-7-8-15(18)16(10-14)19-9-3-6-12-4-1-2-5-13(12)11-19/h1-2,4-5,7-8,10H,3,6,9,11,18H2. The summed E-state index contributed by atoms with van der Waals surface area (Å²) < 4.78 is 0. The number of hydrogen-bond donors (Lipinski definition) is 1. The summed E-state index contributed by atoms with van der Waals surface area (Å²) in [7, 11) is 0. The van der Waals surface area contributed by atoms with Crippen LogP contribution >= 0.6 is 11.6 Å². The summed E-state index contributed by atoms with van der Waals surface area (Å²) in [6.07, 6.45) is 2.27. The minimum atomic E-state index is 0.738. The zero-order valence-corrected chi connectivity index (χ0v) is 11.5. The number of aryl methyl sites for hydroxylation is 1. The zero-order chi connectivity index (χ0) is 13.2. The van der Waals surface area contributed by atoms with E-state index in [-0.39, 0.29) is 0 Å². The molecule has 0 unspecified atom stereocenters. The van der Waals surface area contributed by atoms with Crippen molar-refractivity contribution in [2.24, 2.45) is 0 Å². The van der Waals surface area contributed by atoms with Gasteiger partial charge in [0.05, 0.1) is 11.4 Å². The van der Waals surface area contributed by atoms with Gasteiger partial charge in [-0.15, -0.1) is 0 Å². The van der Waals surface area contributed by atoms with E-state index in [1.165, 1.54) is 11.1 Å². The van der Waals surface area contributed by atoms with E-state index in [0.717, 1.165) is 42.3 Å². The van der Waals surface area contributed by atoms with Crippen molar-refractivity contribution in [3.8, 4) is 0 Å². The minimum absolute atomic E-state index is 0.738. The topological polar surface area (TPSA) is 29.3 Å². The summed E-state index contributed by atoms with van der Waals surface area (Å²) >= 11 is 6.09. The molecule has 1 heterocycles. The quantitative estimate of drug-likeness (QED) is 0.799. The smallest absolute Gasteiger partial charge is 0.0617 e. The van der Waals surface area contributed by atoms with Gasteiger partial charge in [0.2, 0.25) is 0 Å². The van der Waals surface area contributed by atoms with E-state index in [1.54, 1.807) is 0 Å². The molecule has 0 aromatic heterocycles. The molecule has 2 aromatic rings. The third kappa shape index (κ3) is 2.54. The highest BCUT2D eigenvalue weighted by atomic mass is 35.5. The van der Waals surface area contributed by atoms with Crippen molar-refractivity contribution in [1.82, 2.24) is 0 Å².